The lowest BCUT2D eigenvalue weighted by Gasteiger charge is -2.34. The number of anilines is 2. The van der Waals surface area contributed by atoms with Crippen LogP contribution in [-0.4, -0.2) is 57.6 Å². The molecule has 0 bridgehead atoms. The number of hydrogen-bond acceptors (Lipinski definition) is 6. The zero-order chi connectivity index (χ0) is 22.1. The number of nitrogens with zero attached hydrogens (tertiary/aromatic N) is 5. The quantitative estimate of drug-likeness (QED) is 0.594. The van der Waals surface area contributed by atoms with Crippen LogP contribution in [0.25, 0.3) is 16.2 Å². The number of aryl methyl sites for hydroxylation is 1. The molecule has 0 unspecified atom stereocenters. The summed E-state index contributed by atoms with van der Waals surface area (Å²) in [7, 11) is 0. The molecule has 2 aromatic heterocycles. The largest absolute Gasteiger partial charge is 0.365 e. The maximum absolute atomic E-state index is 12.2. The van der Waals surface area contributed by atoms with Gasteiger partial charge in [0.2, 0.25) is 16.0 Å². The van der Waals surface area contributed by atoms with Gasteiger partial charge in [-0.1, -0.05) is 54.9 Å². The summed E-state index contributed by atoms with van der Waals surface area (Å²) in [4.78, 5) is 22.4. The Morgan fingerprint density at radius 3 is 2.69 bits per heavy atom. The van der Waals surface area contributed by atoms with E-state index in [4.69, 9.17) is 10.1 Å². The highest BCUT2D eigenvalue weighted by atomic mass is 32.1. The third-order valence-electron chi connectivity index (χ3n) is 6.55. The van der Waals surface area contributed by atoms with E-state index in [9.17, 15) is 4.79 Å². The minimum absolute atomic E-state index is 0.270. The van der Waals surface area contributed by atoms with Gasteiger partial charge in [-0.2, -0.15) is 4.52 Å². The molecule has 0 atom stereocenters. The number of benzene rings is 1. The van der Waals surface area contributed by atoms with Gasteiger partial charge in [-0.15, -0.1) is 5.10 Å². The molecule has 1 N–H and O–H groups in total. The Morgan fingerprint density at radius 1 is 1.19 bits per heavy atom. The van der Waals surface area contributed by atoms with Crippen molar-refractivity contribution in [2.45, 2.75) is 58.4 Å². The molecule has 32 heavy (non-hydrogen) atoms. The summed E-state index contributed by atoms with van der Waals surface area (Å²) in [6.07, 6.45) is 6.51. The molecule has 3 heterocycles. The van der Waals surface area contributed by atoms with E-state index >= 15 is 0 Å². The Morgan fingerprint density at radius 2 is 1.97 bits per heavy atom. The summed E-state index contributed by atoms with van der Waals surface area (Å²) >= 11 is 1.64. The molecule has 0 spiro atoms. The number of carbonyl (C=O) groups excluding carboxylic acids is 1. The van der Waals surface area contributed by atoms with Crippen molar-refractivity contribution in [3.63, 3.8) is 0 Å². The van der Waals surface area contributed by atoms with Crippen LogP contribution in [0.4, 0.5) is 10.9 Å². The van der Waals surface area contributed by atoms with Crippen LogP contribution >= 0.6 is 11.3 Å². The fourth-order valence-electron chi connectivity index (χ4n) is 4.77. The number of amides is 1. The van der Waals surface area contributed by atoms with Gasteiger partial charge in [-0.25, -0.2) is 4.98 Å². The van der Waals surface area contributed by atoms with Crippen molar-refractivity contribution in [1.82, 2.24) is 19.5 Å². The average Bonchev–Trinajstić information content (AvgIpc) is 3.52. The number of carbonyl (C=O) groups is 1. The number of imidazole rings is 1. The average molecular weight is 453 g/mol. The third kappa shape index (κ3) is 4.20. The first-order valence-electron chi connectivity index (χ1n) is 11.9. The highest BCUT2D eigenvalue weighted by molar-refractivity contribution is 7.20. The van der Waals surface area contributed by atoms with E-state index in [0.717, 1.165) is 59.8 Å². The second kappa shape index (κ2) is 9.10. The number of aromatic nitrogens is 3. The molecule has 170 valence electrons. The first-order valence-corrected chi connectivity index (χ1v) is 12.7. The SMILES string of the molecule is CCCC(=O)N1CCN(c2nn3c(NC4CCCC4)c(-c4cccc(C)c4)nc3s2)CC1. The first kappa shape index (κ1) is 21.2. The second-order valence-electron chi connectivity index (χ2n) is 9.00. The number of hydrogen-bond donors (Lipinski definition) is 1. The number of rotatable bonds is 6. The van der Waals surface area contributed by atoms with Gasteiger partial charge in [0.1, 0.15) is 5.69 Å². The van der Waals surface area contributed by atoms with Crippen LogP contribution in [0.2, 0.25) is 0 Å². The first-order chi connectivity index (χ1) is 15.6. The predicted molar refractivity (Wildman–Crippen MR) is 131 cm³/mol. The van der Waals surface area contributed by atoms with Gasteiger partial charge in [0.05, 0.1) is 0 Å². The topological polar surface area (TPSA) is 65.8 Å². The Labute approximate surface area is 193 Å². The highest BCUT2D eigenvalue weighted by Gasteiger charge is 2.26. The molecule has 1 saturated carbocycles. The van der Waals surface area contributed by atoms with Crippen LogP contribution in [0.1, 0.15) is 51.0 Å². The highest BCUT2D eigenvalue weighted by Crippen LogP contribution is 2.35. The molecule has 8 heteroatoms. The summed E-state index contributed by atoms with van der Waals surface area (Å²) in [6, 6.07) is 9.02. The maximum atomic E-state index is 12.2. The second-order valence-corrected chi connectivity index (χ2v) is 9.94. The van der Waals surface area contributed by atoms with Crippen molar-refractivity contribution in [1.29, 1.82) is 0 Å². The van der Waals surface area contributed by atoms with Crippen LogP contribution in [0, 0.1) is 6.92 Å². The molecule has 2 aliphatic rings. The van der Waals surface area contributed by atoms with Crippen molar-refractivity contribution in [3.8, 4) is 11.3 Å². The molecule has 3 aromatic rings. The van der Waals surface area contributed by atoms with Crippen LogP contribution in [0.15, 0.2) is 24.3 Å². The maximum Gasteiger partial charge on any atom is 0.222 e. The van der Waals surface area contributed by atoms with Gasteiger partial charge >= 0.3 is 0 Å². The van der Waals surface area contributed by atoms with E-state index in [-0.39, 0.29) is 5.91 Å². The molecule has 1 aromatic carbocycles. The Hall–Kier alpha value is -2.61. The lowest BCUT2D eigenvalue weighted by atomic mass is 10.1. The summed E-state index contributed by atoms with van der Waals surface area (Å²) < 4.78 is 2.00. The van der Waals surface area contributed by atoms with Crippen molar-refractivity contribution < 1.29 is 4.79 Å². The van der Waals surface area contributed by atoms with Crippen LogP contribution in [-0.2, 0) is 4.79 Å². The summed E-state index contributed by atoms with van der Waals surface area (Å²) in [5.41, 5.74) is 3.35. The van der Waals surface area contributed by atoms with Gasteiger partial charge in [0.25, 0.3) is 0 Å². The molecule has 1 aliphatic carbocycles. The molecule has 1 aliphatic heterocycles. The molecule has 7 nitrogen and oxygen atoms in total. The standard InChI is InChI=1S/C24H32N6OS/c1-3-7-20(31)28-12-14-29(15-13-28)24-27-30-22(25-19-10-4-5-11-19)21(26-23(30)32-24)18-9-6-8-17(2)16-18/h6,8-9,16,19,25H,3-5,7,10-15H2,1-2H3. The Balaban J connectivity index is 1.42. The van der Waals surface area contributed by atoms with Crippen molar-refractivity contribution in [2.75, 3.05) is 36.4 Å². The molecule has 0 radical (unpaired) electrons. The minimum Gasteiger partial charge on any atom is -0.365 e. The number of nitrogens with one attached hydrogen (secondary N) is 1. The predicted octanol–water partition coefficient (Wildman–Crippen LogP) is 4.57. The lowest BCUT2D eigenvalue weighted by Crippen LogP contribution is -2.48. The van der Waals surface area contributed by atoms with Crippen molar-refractivity contribution >= 4 is 33.2 Å². The van der Waals surface area contributed by atoms with E-state index < -0.39 is 0 Å². The molecule has 1 amide bonds. The molecular weight excluding hydrogens is 420 g/mol. The molecule has 2 fully saturated rings. The van der Waals surface area contributed by atoms with Gasteiger partial charge in [-0.3, -0.25) is 4.79 Å². The van der Waals surface area contributed by atoms with Crippen LogP contribution < -0.4 is 10.2 Å². The summed E-state index contributed by atoms with van der Waals surface area (Å²) in [5, 5.41) is 9.75. The van der Waals surface area contributed by atoms with Crippen LogP contribution in [0.5, 0.6) is 0 Å². The normalized spacial score (nSPS) is 17.4. The van der Waals surface area contributed by atoms with E-state index in [1.165, 1.54) is 31.2 Å². The fourth-order valence-corrected chi connectivity index (χ4v) is 5.72. The third-order valence-corrected chi connectivity index (χ3v) is 7.52. The minimum atomic E-state index is 0.270. The fraction of sp³-hybridized carbons (Fsp3) is 0.542. The zero-order valence-corrected chi connectivity index (χ0v) is 19.8. The van der Waals surface area contributed by atoms with E-state index in [1.807, 2.05) is 9.42 Å². The molecular formula is C24H32N6OS. The van der Waals surface area contributed by atoms with Crippen LogP contribution in [0.3, 0.4) is 0 Å². The van der Waals surface area contributed by atoms with Crippen molar-refractivity contribution in [3.05, 3.63) is 29.8 Å². The van der Waals surface area contributed by atoms with E-state index in [1.54, 1.807) is 11.3 Å². The molecule has 5 rings (SSSR count). The van der Waals surface area contributed by atoms with Gasteiger partial charge in [0.15, 0.2) is 5.82 Å². The van der Waals surface area contributed by atoms with Gasteiger partial charge in [-0.05, 0) is 32.3 Å². The summed E-state index contributed by atoms with van der Waals surface area (Å²) in [5.74, 6) is 1.28. The number of piperazine rings is 1. The Bertz CT molecular complexity index is 1090. The zero-order valence-electron chi connectivity index (χ0n) is 19.0. The van der Waals surface area contributed by atoms with Crippen molar-refractivity contribution in [2.24, 2.45) is 0 Å². The smallest absolute Gasteiger partial charge is 0.222 e. The monoisotopic (exact) mass is 452 g/mol. The van der Waals surface area contributed by atoms with E-state index in [2.05, 4.69) is 48.3 Å². The van der Waals surface area contributed by atoms with E-state index in [0.29, 0.717) is 12.5 Å². The van der Waals surface area contributed by atoms with Gasteiger partial charge < -0.3 is 15.1 Å². The molecule has 1 saturated heterocycles. The summed E-state index contributed by atoms with van der Waals surface area (Å²) in [6.45, 7) is 7.35. The lowest BCUT2D eigenvalue weighted by molar-refractivity contribution is -0.131. The number of fused-ring (bicyclic) bond motifs is 1. The Kier molecular flexibility index (Phi) is 6.04. The van der Waals surface area contributed by atoms with Gasteiger partial charge in [0, 0.05) is 44.2 Å².